The number of nitrogens with one attached hydrogen (secondary N) is 1. The summed E-state index contributed by atoms with van der Waals surface area (Å²) >= 11 is 0. The van der Waals surface area contributed by atoms with Crippen LogP contribution in [0.25, 0.3) is 0 Å². The van der Waals surface area contributed by atoms with Crippen molar-refractivity contribution in [2.75, 3.05) is 17.7 Å². The smallest absolute Gasteiger partial charge is 0.167 e. The molecule has 2 rings (SSSR count). The minimum Gasteiger partial charge on any atom is -0.490 e. The van der Waals surface area contributed by atoms with Gasteiger partial charge in [0.1, 0.15) is 11.6 Å². The van der Waals surface area contributed by atoms with Gasteiger partial charge >= 0.3 is 0 Å². The molecule has 0 bridgehead atoms. The Kier molecular flexibility index (Phi) is 4.57. The summed E-state index contributed by atoms with van der Waals surface area (Å²) in [6.45, 7) is 2.23. The van der Waals surface area contributed by atoms with E-state index in [2.05, 4.69) is 5.32 Å². The number of ether oxygens (including phenoxy) is 1. The molecular formula is C15H15F3N2O. The van der Waals surface area contributed by atoms with Gasteiger partial charge in [0.15, 0.2) is 11.6 Å². The highest BCUT2D eigenvalue weighted by Crippen LogP contribution is 2.31. The molecule has 6 heteroatoms. The fourth-order valence-electron chi connectivity index (χ4n) is 1.74. The molecule has 0 spiro atoms. The monoisotopic (exact) mass is 296 g/mol. The average molecular weight is 296 g/mol. The maximum absolute atomic E-state index is 13.7. The summed E-state index contributed by atoms with van der Waals surface area (Å²) in [6.07, 6.45) is 0.713. The minimum atomic E-state index is -0.642. The van der Waals surface area contributed by atoms with Crippen LogP contribution in [0.4, 0.5) is 30.2 Å². The second-order valence-corrected chi connectivity index (χ2v) is 4.47. The molecule has 0 aliphatic rings. The van der Waals surface area contributed by atoms with Gasteiger partial charge in [-0.2, -0.15) is 0 Å². The first kappa shape index (κ1) is 15.0. The Labute approximate surface area is 120 Å². The summed E-state index contributed by atoms with van der Waals surface area (Å²) in [6, 6.07) is 5.39. The Morgan fingerprint density at radius 3 is 2.52 bits per heavy atom. The normalized spacial score (nSPS) is 10.5. The number of hydrogen-bond donors (Lipinski definition) is 2. The van der Waals surface area contributed by atoms with Crippen LogP contribution < -0.4 is 15.8 Å². The van der Waals surface area contributed by atoms with Gasteiger partial charge in [-0.25, -0.2) is 13.2 Å². The van der Waals surface area contributed by atoms with Crippen molar-refractivity contribution in [3.05, 3.63) is 47.8 Å². The van der Waals surface area contributed by atoms with Gasteiger partial charge in [-0.15, -0.1) is 0 Å². The molecule has 0 radical (unpaired) electrons. The van der Waals surface area contributed by atoms with Gasteiger partial charge in [-0.3, -0.25) is 0 Å². The Morgan fingerprint density at radius 2 is 1.81 bits per heavy atom. The van der Waals surface area contributed by atoms with Gasteiger partial charge in [0.25, 0.3) is 0 Å². The standard InChI is InChI=1S/C15H15F3N2O/c1-2-5-21-15-8-14(12(19)7-11(15)18)20-13-6-9(16)3-4-10(13)17/h3-4,6-8,20H,2,5,19H2,1H3. The first-order valence-electron chi connectivity index (χ1n) is 6.45. The Bertz CT molecular complexity index is 647. The van der Waals surface area contributed by atoms with Gasteiger partial charge in [-0.1, -0.05) is 6.92 Å². The molecule has 0 amide bonds. The predicted molar refractivity (Wildman–Crippen MR) is 76.2 cm³/mol. The molecule has 0 saturated heterocycles. The topological polar surface area (TPSA) is 47.3 Å². The molecule has 2 aromatic carbocycles. The largest absolute Gasteiger partial charge is 0.490 e. The summed E-state index contributed by atoms with van der Waals surface area (Å²) < 4.78 is 45.6. The number of nitrogens with two attached hydrogens (primary N) is 1. The molecular weight excluding hydrogens is 281 g/mol. The number of anilines is 3. The zero-order valence-corrected chi connectivity index (χ0v) is 11.4. The summed E-state index contributed by atoms with van der Waals surface area (Å²) in [7, 11) is 0. The fraction of sp³-hybridized carbons (Fsp3) is 0.200. The van der Waals surface area contributed by atoms with E-state index in [1.165, 1.54) is 6.07 Å². The second kappa shape index (κ2) is 6.39. The van der Waals surface area contributed by atoms with E-state index >= 15 is 0 Å². The lowest BCUT2D eigenvalue weighted by Gasteiger charge is -2.13. The van der Waals surface area contributed by atoms with Crippen molar-refractivity contribution in [1.82, 2.24) is 0 Å². The van der Waals surface area contributed by atoms with Crippen molar-refractivity contribution < 1.29 is 17.9 Å². The molecule has 0 aliphatic heterocycles. The highest BCUT2D eigenvalue weighted by atomic mass is 19.1. The van der Waals surface area contributed by atoms with Crippen LogP contribution in [0.2, 0.25) is 0 Å². The van der Waals surface area contributed by atoms with E-state index in [4.69, 9.17) is 10.5 Å². The predicted octanol–water partition coefficient (Wildman–Crippen LogP) is 4.22. The average Bonchev–Trinajstić information content (AvgIpc) is 2.44. The number of halogens is 3. The number of benzene rings is 2. The second-order valence-electron chi connectivity index (χ2n) is 4.47. The van der Waals surface area contributed by atoms with Crippen LogP contribution in [0.3, 0.4) is 0 Å². The van der Waals surface area contributed by atoms with Crippen molar-refractivity contribution in [3.8, 4) is 5.75 Å². The highest BCUT2D eigenvalue weighted by Gasteiger charge is 2.11. The molecule has 21 heavy (non-hydrogen) atoms. The van der Waals surface area contributed by atoms with Crippen molar-refractivity contribution in [2.24, 2.45) is 0 Å². The minimum absolute atomic E-state index is 0.00496. The van der Waals surface area contributed by atoms with E-state index in [9.17, 15) is 13.2 Å². The van der Waals surface area contributed by atoms with Crippen molar-refractivity contribution in [3.63, 3.8) is 0 Å². The molecule has 2 aromatic rings. The van der Waals surface area contributed by atoms with Crippen LogP contribution in [0, 0.1) is 17.5 Å². The van der Waals surface area contributed by atoms with Crippen LogP contribution in [-0.2, 0) is 0 Å². The van der Waals surface area contributed by atoms with Crippen molar-refractivity contribution >= 4 is 17.1 Å². The summed E-state index contributed by atoms with van der Waals surface area (Å²) in [5.74, 6) is -1.84. The highest BCUT2D eigenvalue weighted by molar-refractivity contribution is 5.74. The van der Waals surface area contributed by atoms with Crippen LogP contribution in [-0.4, -0.2) is 6.61 Å². The number of nitrogen functional groups attached to an aromatic ring is 1. The molecule has 3 N–H and O–H groups in total. The number of hydrogen-bond acceptors (Lipinski definition) is 3. The van der Waals surface area contributed by atoms with Crippen molar-refractivity contribution in [2.45, 2.75) is 13.3 Å². The molecule has 0 saturated carbocycles. The van der Waals surface area contributed by atoms with E-state index < -0.39 is 17.5 Å². The van der Waals surface area contributed by atoms with Crippen LogP contribution in [0.5, 0.6) is 5.75 Å². The molecule has 0 aliphatic carbocycles. The SMILES string of the molecule is CCCOc1cc(Nc2cc(F)ccc2F)c(N)cc1F. The first-order chi connectivity index (χ1) is 10.0. The Hall–Kier alpha value is -2.37. The van der Waals surface area contributed by atoms with Gasteiger partial charge in [0.05, 0.1) is 23.7 Å². The van der Waals surface area contributed by atoms with E-state index in [0.29, 0.717) is 13.0 Å². The third-order valence-electron chi connectivity index (χ3n) is 2.76. The molecule has 0 heterocycles. The molecule has 3 nitrogen and oxygen atoms in total. The zero-order chi connectivity index (χ0) is 15.4. The summed E-state index contributed by atoms with van der Waals surface area (Å²) in [5.41, 5.74) is 5.90. The van der Waals surface area contributed by atoms with E-state index in [1.807, 2.05) is 6.92 Å². The van der Waals surface area contributed by atoms with Crippen LogP contribution in [0.1, 0.15) is 13.3 Å². The van der Waals surface area contributed by atoms with Gasteiger partial charge in [0, 0.05) is 18.2 Å². The van der Waals surface area contributed by atoms with Crippen LogP contribution in [0.15, 0.2) is 30.3 Å². The molecule has 0 fully saturated rings. The van der Waals surface area contributed by atoms with E-state index in [0.717, 1.165) is 24.3 Å². The lowest BCUT2D eigenvalue weighted by Crippen LogP contribution is -2.03. The van der Waals surface area contributed by atoms with E-state index in [1.54, 1.807) is 0 Å². The van der Waals surface area contributed by atoms with Crippen molar-refractivity contribution in [1.29, 1.82) is 0 Å². The Morgan fingerprint density at radius 1 is 1.05 bits per heavy atom. The molecule has 0 aromatic heterocycles. The maximum Gasteiger partial charge on any atom is 0.167 e. The quantitative estimate of drug-likeness (QED) is 0.812. The number of rotatable bonds is 5. The first-order valence-corrected chi connectivity index (χ1v) is 6.45. The maximum atomic E-state index is 13.7. The van der Waals surface area contributed by atoms with Gasteiger partial charge < -0.3 is 15.8 Å². The van der Waals surface area contributed by atoms with E-state index in [-0.39, 0.29) is 22.8 Å². The fourth-order valence-corrected chi connectivity index (χ4v) is 1.74. The van der Waals surface area contributed by atoms with Gasteiger partial charge in [0.2, 0.25) is 0 Å². The lowest BCUT2D eigenvalue weighted by molar-refractivity contribution is 0.301. The summed E-state index contributed by atoms with van der Waals surface area (Å²) in [4.78, 5) is 0. The molecule has 0 atom stereocenters. The van der Waals surface area contributed by atoms with Gasteiger partial charge in [-0.05, 0) is 18.6 Å². The third-order valence-corrected chi connectivity index (χ3v) is 2.76. The third kappa shape index (κ3) is 3.59. The lowest BCUT2D eigenvalue weighted by atomic mass is 10.2. The Balaban J connectivity index is 2.32. The summed E-state index contributed by atoms with van der Waals surface area (Å²) in [5, 5.41) is 2.64. The molecule has 112 valence electrons. The van der Waals surface area contributed by atoms with Crippen LogP contribution >= 0.6 is 0 Å². The molecule has 0 unspecified atom stereocenters. The zero-order valence-electron chi connectivity index (χ0n) is 11.4.